The van der Waals surface area contributed by atoms with Crippen molar-refractivity contribution in [2.45, 2.75) is 65.2 Å². The van der Waals surface area contributed by atoms with Gasteiger partial charge in [-0.15, -0.1) is 0 Å². The van der Waals surface area contributed by atoms with Gasteiger partial charge in [-0.05, 0) is 67.6 Å². The third-order valence-corrected chi connectivity index (χ3v) is 9.02. The molecule has 21 heavy (non-hydrogen) atoms. The molecule has 0 heterocycles. The molecular formula is C19H26O2. The van der Waals surface area contributed by atoms with Crippen molar-refractivity contribution in [2.75, 3.05) is 0 Å². The van der Waals surface area contributed by atoms with E-state index in [2.05, 4.69) is 13.8 Å². The predicted octanol–water partition coefficient (Wildman–Crippen LogP) is 3.78. The highest BCUT2D eigenvalue weighted by atomic mass is 16.1. The van der Waals surface area contributed by atoms with Gasteiger partial charge in [-0.1, -0.05) is 13.8 Å². The molecule has 0 unspecified atom stereocenters. The molecule has 0 amide bonds. The molecule has 5 saturated carbocycles. The molecule has 5 fully saturated rings. The third kappa shape index (κ3) is 1.18. The first-order valence-electron chi connectivity index (χ1n) is 9.00. The second kappa shape index (κ2) is 3.46. The lowest BCUT2D eigenvalue weighted by Gasteiger charge is -2.56. The van der Waals surface area contributed by atoms with Gasteiger partial charge in [0, 0.05) is 23.7 Å². The highest BCUT2D eigenvalue weighted by Gasteiger charge is 2.77. The van der Waals surface area contributed by atoms with Crippen LogP contribution >= 0.6 is 0 Å². The maximum absolute atomic E-state index is 13.0. The van der Waals surface area contributed by atoms with E-state index in [0.717, 1.165) is 31.6 Å². The Labute approximate surface area is 127 Å². The number of rotatable bonds is 0. The lowest BCUT2D eigenvalue weighted by molar-refractivity contribution is -0.153. The van der Waals surface area contributed by atoms with E-state index in [1.54, 1.807) is 0 Å². The van der Waals surface area contributed by atoms with Gasteiger partial charge in [-0.3, -0.25) is 9.59 Å². The molecule has 2 heteroatoms. The summed E-state index contributed by atoms with van der Waals surface area (Å²) in [6, 6.07) is 0. The van der Waals surface area contributed by atoms with Crippen LogP contribution in [0, 0.1) is 39.9 Å². The van der Waals surface area contributed by atoms with E-state index in [1.807, 2.05) is 0 Å². The zero-order valence-electron chi connectivity index (χ0n) is 13.3. The summed E-state index contributed by atoms with van der Waals surface area (Å²) in [7, 11) is 0. The number of hydrogen-bond donors (Lipinski definition) is 0. The fourth-order valence-corrected chi connectivity index (χ4v) is 7.78. The number of Topliss-reactive ketones (excluding diaryl/α,β-unsaturated/α-hetero) is 2. The Hall–Kier alpha value is -0.660. The first-order chi connectivity index (χ1) is 9.93. The lowest BCUT2D eigenvalue weighted by atomic mass is 9.46. The summed E-state index contributed by atoms with van der Waals surface area (Å²) < 4.78 is 0. The van der Waals surface area contributed by atoms with Crippen LogP contribution in [0.3, 0.4) is 0 Å². The number of hydrogen-bond acceptors (Lipinski definition) is 2. The van der Waals surface area contributed by atoms with E-state index < -0.39 is 0 Å². The highest BCUT2D eigenvalue weighted by Crippen LogP contribution is 2.80. The van der Waals surface area contributed by atoms with Crippen molar-refractivity contribution in [2.24, 2.45) is 39.9 Å². The SMILES string of the molecule is C[C@]12CC[C@H]3[C@@H](CC(=O)[C@@]45C[C@H]4CC[C@]35C)[C@@H]1CCC2=O. The second-order valence-electron chi connectivity index (χ2n) is 9.25. The monoisotopic (exact) mass is 286 g/mol. The molecule has 5 aliphatic rings. The largest absolute Gasteiger partial charge is 0.299 e. The van der Waals surface area contributed by atoms with Crippen LogP contribution in [0.1, 0.15) is 65.2 Å². The van der Waals surface area contributed by atoms with Gasteiger partial charge in [0.05, 0.1) is 0 Å². The molecule has 2 nitrogen and oxygen atoms in total. The Morgan fingerprint density at radius 2 is 1.76 bits per heavy atom. The van der Waals surface area contributed by atoms with Crippen LogP contribution in [0.2, 0.25) is 0 Å². The van der Waals surface area contributed by atoms with E-state index in [1.165, 1.54) is 25.7 Å². The quantitative estimate of drug-likeness (QED) is 0.679. The van der Waals surface area contributed by atoms with Gasteiger partial charge < -0.3 is 0 Å². The minimum Gasteiger partial charge on any atom is -0.299 e. The zero-order chi connectivity index (χ0) is 14.6. The van der Waals surface area contributed by atoms with E-state index in [-0.39, 0.29) is 16.2 Å². The van der Waals surface area contributed by atoms with Crippen molar-refractivity contribution in [3.05, 3.63) is 0 Å². The third-order valence-electron chi connectivity index (χ3n) is 9.02. The Morgan fingerprint density at radius 3 is 2.52 bits per heavy atom. The molecular weight excluding hydrogens is 260 g/mol. The minimum absolute atomic E-state index is 0.0878. The molecule has 114 valence electrons. The Balaban J connectivity index is 1.58. The molecule has 0 aliphatic heterocycles. The molecule has 0 aromatic rings. The number of carbonyl (C=O) groups is 2. The van der Waals surface area contributed by atoms with Crippen molar-refractivity contribution in [1.29, 1.82) is 0 Å². The van der Waals surface area contributed by atoms with Crippen molar-refractivity contribution in [3.63, 3.8) is 0 Å². The normalized spacial score (nSPS) is 61.0. The van der Waals surface area contributed by atoms with Gasteiger partial charge in [0.15, 0.2) is 0 Å². The average molecular weight is 286 g/mol. The maximum Gasteiger partial charge on any atom is 0.140 e. The highest BCUT2D eigenvalue weighted by molar-refractivity contribution is 5.92. The topological polar surface area (TPSA) is 34.1 Å². The minimum atomic E-state index is -0.0934. The lowest BCUT2D eigenvalue weighted by Crippen LogP contribution is -2.55. The number of fused-ring (bicyclic) bond motifs is 4. The van der Waals surface area contributed by atoms with Gasteiger partial charge in [-0.2, -0.15) is 0 Å². The summed E-state index contributed by atoms with van der Waals surface area (Å²) >= 11 is 0. The van der Waals surface area contributed by atoms with Crippen molar-refractivity contribution < 1.29 is 9.59 Å². The maximum atomic E-state index is 13.0. The summed E-state index contributed by atoms with van der Waals surface area (Å²) in [5.41, 5.74) is 0.263. The Kier molecular flexibility index (Phi) is 2.12. The van der Waals surface area contributed by atoms with Crippen molar-refractivity contribution in [3.8, 4) is 0 Å². The summed E-state index contributed by atoms with van der Waals surface area (Å²) in [4.78, 5) is 25.4. The van der Waals surface area contributed by atoms with Crippen molar-refractivity contribution in [1.82, 2.24) is 0 Å². The van der Waals surface area contributed by atoms with Crippen LogP contribution in [0.15, 0.2) is 0 Å². The first kappa shape index (κ1) is 12.8. The molecule has 0 N–H and O–H groups in total. The van der Waals surface area contributed by atoms with Crippen LogP contribution in [0.25, 0.3) is 0 Å². The number of carbonyl (C=O) groups excluding carboxylic acids is 2. The van der Waals surface area contributed by atoms with Crippen LogP contribution in [-0.2, 0) is 9.59 Å². The van der Waals surface area contributed by atoms with Crippen LogP contribution in [-0.4, -0.2) is 11.6 Å². The summed E-state index contributed by atoms with van der Waals surface area (Å²) in [6.07, 6.45) is 8.63. The smallest absolute Gasteiger partial charge is 0.140 e. The van der Waals surface area contributed by atoms with E-state index >= 15 is 0 Å². The predicted molar refractivity (Wildman–Crippen MR) is 79.6 cm³/mol. The Morgan fingerprint density at radius 1 is 0.952 bits per heavy atom. The van der Waals surface area contributed by atoms with Crippen LogP contribution in [0.4, 0.5) is 0 Å². The molecule has 0 bridgehead atoms. The average Bonchev–Trinajstić information content (AvgIpc) is 3.01. The zero-order valence-corrected chi connectivity index (χ0v) is 13.3. The van der Waals surface area contributed by atoms with Crippen LogP contribution in [0.5, 0.6) is 0 Å². The molecule has 0 aromatic carbocycles. The molecule has 0 radical (unpaired) electrons. The second-order valence-corrected chi connectivity index (χ2v) is 9.25. The van der Waals surface area contributed by atoms with Crippen molar-refractivity contribution >= 4 is 11.6 Å². The molecule has 7 atom stereocenters. The molecule has 0 saturated heterocycles. The molecule has 1 spiro atoms. The molecule has 0 aromatic heterocycles. The number of ketones is 2. The van der Waals surface area contributed by atoms with Gasteiger partial charge in [0.25, 0.3) is 0 Å². The van der Waals surface area contributed by atoms with Gasteiger partial charge >= 0.3 is 0 Å². The fraction of sp³-hybridized carbons (Fsp3) is 0.895. The summed E-state index contributed by atoms with van der Waals surface area (Å²) in [5.74, 6) is 3.51. The van der Waals surface area contributed by atoms with Gasteiger partial charge in [0.1, 0.15) is 11.6 Å². The van der Waals surface area contributed by atoms with Gasteiger partial charge in [-0.25, -0.2) is 0 Å². The standard InChI is InChI=1S/C19H26O2/c1-17-7-6-14-12(13(17)3-4-15(17)20)9-16(21)19-10-11(19)5-8-18(14,19)2/h11-14H,3-10H2,1-2H3/t11-,12+,13+,14+,17+,18-,19-/m1/s1. The first-order valence-corrected chi connectivity index (χ1v) is 9.00. The molecule has 5 aliphatic carbocycles. The molecule has 5 rings (SSSR count). The van der Waals surface area contributed by atoms with E-state index in [0.29, 0.717) is 29.3 Å². The van der Waals surface area contributed by atoms with Crippen LogP contribution < -0.4 is 0 Å². The van der Waals surface area contributed by atoms with E-state index in [9.17, 15) is 9.59 Å². The fourth-order valence-electron chi connectivity index (χ4n) is 7.78. The van der Waals surface area contributed by atoms with E-state index in [4.69, 9.17) is 0 Å². The summed E-state index contributed by atoms with van der Waals surface area (Å²) in [6.45, 7) is 4.64. The summed E-state index contributed by atoms with van der Waals surface area (Å²) in [5, 5.41) is 0. The van der Waals surface area contributed by atoms with Gasteiger partial charge in [0.2, 0.25) is 0 Å². The Bertz CT molecular complexity index is 566.